The average Bonchev–Trinajstić information content (AvgIpc) is 3.95. The number of aliphatic carboxylic acids is 1. The summed E-state index contributed by atoms with van der Waals surface area (Å²) < 4.78 is 31.7. The number of para-hydroxylation sites is 2. The zero-order valence-electron chi connectivity index (χ0n) is 35.0. The van der Waals surface area contributed by atoms with E-state index in [1.54, 1.807) is 31.6 Å². The number of aryl methyl sites for hydroxylation is 1. The van der Waals surface area contributed by atoms with Crippen LogP contribution in [0.2, 0.25) is 5.02 Å². The van der Waals surface area contributed by atoms with Gasteiger partial charge in [-0.2, -0.15) is 9.47 Å². The molecule has 320 valence electrons. The van der Waals surface area contributed by atoms with Crippen molar-refractivity contribution in [2.45, 2.75) is 39.5 Å². The Balaban J connectivity index is 1.08. The summed E-state index contributed by atoms with van der Waals surface area (Å²) >= 11 is 8.27. The second-order valence-electron chi connectivity index (χ2n) is 14.9. The predicted octanol–water partition coefficient (Wildman–Crippen LogP) is 7.95. The fourth-order valence-electron chi connectivity index (χ4n) is 7.43. The van der Waals surface area contributed by atoms with E-state index in [4.69, 9.17) is 45.6 Å². The first-order valence-electron chi connectivity index (χ1n) is 20.4. The number of pyridine rings is 1. The van der Waals surface area contributed by atoms with Crippen LogP contribution in [-0.4, -0.2) is 110 Å². The summed E-state index contributed by atoms with van der Waals surface area (Å²) in [6.07, 6.45) is 3.95. The molecule has 0 amide bonds. The van der Waals surface area contributed by atoms with E-state index >= 15 is 0 Å². The molecular weight excluding hydrogens is 828 g/mol. The minimum atomic E-state index is -1.33. The number of ether oxygens (including phenoxy) is 4. The zero-order valence-corrected chi connectivity index (χ0v) is 36.5. The van der Waals surface area contributed by atoms with Crippen LogP contribution in [-0.2, 0) is 24.4 Å². The topological polar surface area (TPSA) is 150 Å². The highest BCUT2D eigenvalue weighted by atomic mass is 35.5. The fourth-order valence-corrected chi connectivity index (χ4v) is 8.34. The number of benzene rings is 3. The molecular formula is C46H47ClN8O6S. The number of carboxylic acids is 1. The number of carboxylic acid groups (broad SMARTS) is 1. The number of carbonyl (C=O) groups is 1. The normalized spacial score (nSPS) is 13.9. The second kappa shape index (κ2) is 19.3. The van der Waals surface area contributed by atoms with Crippen molar-refractivity contribution in [3.8, 4) is 57.0 Å². The van der Waals surface area contributed by atoms with Crippen LogP contribution in [0, 0.1) is 6.92 Å². The highest BCUT2D eigenvalue weighted by Gasteiger charge is 2.28. The van der Waals surface area contributed by atoms with Crippen molar-refractivity contribution in [1.29, 1.82) is 0 Å². The van der Waals surface area contributed by atoms with Gasteiger partial charge in [-0.3, -0.25) is 14.6 Å². The van der Waals surface area contributed by atoms with Gasteiger partial charge in [0.1, 0.15) is 36.2 Å². The lowest BCUT2D eigenvalue weighted by molar-refractivity contribution is -0.145. The van der Waals surface area contributed by atoms with Gasteiger partial charge in [0.15, 0.2) is 5.82 Å². The molecule has 62 heavy (non-hydrogen) atoms. The molecule has 0 aliphatic carbocycles. The molecule has 3 aromatic carbocycles. The third-order valence-electron chi connectivity index (χ3n) is 10.9. The summed E-state index contributed by atoms with van der Waals surface area (Å²) in [7, 11) is 3.74. The maximum Gasteiger partial charge on any atom is 0.345 e. The molecule has 16 heteroatoms. The van der Waals surface area contributed by atoms with Gasteiger partial charge in [0, 0.05) is 69.8 Å². The van der Waals surface area contributed by atoms with Gasteiger partial charge in [0.25, 0.3) is 0 Å². The minimum Gasteiger partial charge on any atom is -0.496 e. The van der Waals surface area contributed by atoms with Crippen molar-refractivity contribution in [3.05, 3.63) is 113 Å². The SMILES string of the molecule is CCn1ccc(-c2ncc3snc(O[C@H](Cc4ccccc4OCc4ccnc(-c5ccccc5OC)n4)C(=O)O)c3c2-c2ccc(OCCN3CCN(C)CC3)c(Cl)c2C)n1. The number of piperazine rings is 1. The van der Waals surface area contributed by atoms with Crippen molar-refractivity contribution < 1.29 is 28.8 Å². The quantitative estimate of drug-likeness (QED) is 0.0944. The molecule has 1 atom stereocenters. The van der Waals surface area contributed by atoms with Gasteiger partial charge >= 0.3 is 5.97 Å². The van der Waals surface area contributed by atoms with Crippen LogP contribution in [0.1, 0.15) is 23.7 Å². The lowest BCUT2D eigenvalue weighted by atomic mass is 9.95. The van der Waals surface area contributed by atoms with E-state index in [1.165, 1.54) is 11.5 Å². The predicted molar refractivity (Wildman–Crippen MR) is 239 cm³/mol. The number of hydrogen-bond donors (Lipinski definition) is 1. The van der Waals surface area contributed by atoms with Crippen LogP contribution in [0.15, 0.2) is 91.4 Å². The number of fused-ring (bicyclic) bond motifs is 1. The zero-order chi connectivity index (χ0) is 43.2. The van der Waals surface area contributed by atoms with Crippen molar-refractivity contribution in [3.63, 3.8) is 0 Å². The van der Waals surface area contributed by atoms with E-state index in [-0.39, 0.29) is 18.9 Å². The Labute approximate surface area is 368 Å². The number of nitrogens with zero attached hydrogens (tertiary/aromatic N) is 8. The van der Waals surface area contributed by atoms with Crippen molar-refractivity contribution in [1.82, 2.24) is 38.9 Å². The van der Waals surface area contributed by atoms with Gasteiger partial charge in [-0.1, -0.05) is 48.0 Å². The summed E-state index contributed by atoms with van der Waals surface area (Å²) in [4.78, 5) is 31.8. The summed E-state index contributed by atoms with van der Waals surface area (Å²) in [5, 5.41) is 16.5. The average molecular weight is 875 g/mol. The van der Waals surface area contributed by atoms with Crippen LogP contribution in [0.25, 0.3) is 44.0 Å². The Kier molecular flexibility index (Phi) is 13.2. The maximum absolute atomic E-state index is 13.0. The monoisotopic (exact) mass is 874 g/mol. The van der Waals surface area contributed by atoms with E-state index < -0.39 is 12.1 Å². The molecule has 1 N–H and O–H groups in total. The minimum absolute atomic E-state index is 0.0139. The summed E-state index contributed by atoms with van der Waals surface area (Å²) in [6, 6.07) is 22.3. The number of halogens is 1. The van der Waals surface area contributed by atoms with E-state index in [1.807, 2.05) is 85.4 Å². The molecule has 0 radical (unpaired) electrons. The number of likely N-dealkylation sites (N-methyl/N-ethyl adjacent to an activating group) is 1. The molecule has 1 aliphatic heterocycles. The first-order valence-corrected chi connectivity index (χ1v) is 21.6. The molecule has 0 spiro atoms. The Morgan fingerprint density at radius 1 is 0.935 bits per heavy atom. The van der Waals surface area contributed by atoms with Crippen molar-refractivity contribution in [2.24, 2.45) is 0 Å². The molecule has 0 saturated carbocycles. The third-order valence-corrected chi connectivity index (χ3v) is 12.2. The lowest BCUT2D eigenvalue weighted by Crippen LogP contribution is -2.45. The van der Waals surface area contributed by atoms with Crippen LogP contribution in [0.3, 0.4) is 0 Å². The van der Waals surface area contributed by atoms with Gasteiger partial charge in [0.2, 0.25) is 12.0 Å². The molecule has 5 heterocycles. The Morgan fingerprint density at radius 2 is 1.73 bits per heavy atom. The highest BCUT2D eigenvalue weighted by molar-refractivity contribution is 7.13. The first kappa shape index (κ1) is 42.6. The Morgan fingerprint density at radius 3 is 2.50 bits per heavy atom. The largest absolute Gasteiger partial charge is 0.496 e. The number of rotatable bonds is 17. The standard InChI is InChI=1S/C46H47ClN8O6S/c1-5-55-19-17-34(51-55)43-40(32-14-15-37(42(47)29(32)2)59-25-24-54-22-20-53(3)21-23-54)41-39(27-49-43)62-52-45(41)61-38(46(56)57)26-30-10-6-8-12-35(30)60-28-31-16-18-48-44(50-31)33-11-7-9-13-36(33)58-4/h6-19,27,38H,5,20-26,28H2,1-4H3,(H,56,57)/t38-/m1/s1. The van der Waals surface area contributed by atoms with E-state index in [0.717, 1.165) is 49.4 Å². The van der Waals surface area contributed by atoms with Crippen molar-refractivity contribution in [2.75, 3.05) is 53.5 Å². The maximum atomic E-state index is 13.0. The number of hydrogen-bond acceptors (Lipinski definition) is 13. The molecule has 7 aromatic rings. The van der Waals surface area contributed by atoms with Gasteiger partial charge in [-0.25, -0.2) is 14.8 Å². The van der Waals surface area contributed by atoms with Crippen LogP contribution in [0.5, 0.6) is 23.1 Å². The Hall–Kier alpha value is -6.13. The smallest absolute Gasteiger partial charge is 0.345 e. The summed E-state index contributed by atoms with van der Waals surface area (Å²) in [6.45, 7) is 10.1. The summed E-state index contributed by atoms with van der Waals surface area (Å²) in [5.74, 6) is 1.25. The molecule has 14 nitrogen and oxygen atoms in total. The first-order chi connectivity index (χ1) is 30.2. The van der Waals surface area contributed by atoms with Gasteiger partial charge in [-0.15, -0.1) is 0 Å². The van der Waals surface area contributed by atoms with E-state index in [0.29, 0.717) is 79.5 Å². The number of methoxy groups -OCH3 is 1. The van der Waals surface area contributed by atoms with Crippen LogP contribution in [0.4, 0.5) is 0 Å². The highest BCUT2D eigenvalue weighted by Crippen LogP contribution is 2.46. The summed E-state index contributed by atoms with van der Waals surface area (Å²) in [5.41, 5.74) is 5.48. The molecule has 1 fully saturated rings. The van der Waals surface area contributed by atoms with Gasteiger partial charge in [0.05, 0.1) is 39.2 Å². The van der Waals surface area contributed by atoms with E-state index in [2.05, 4.69) is 26.2 Å². The van der Waals surface area contributed by atoms with Crippen LogP contribution < -0.4 is 18.9 Å². The lowest BCUT2D eigenvalue weighted by Gasteiger charge is -2.32. The molecule has 0 bridgehead atoms. The van der Waals surface area contributed by atoms with Gasteiger partial charge in [-0.05, 0) is 85.5 Å². The number of aromatic nitrogens is 6. The third kappa shape index (κ3) is 9.36. The second-order valence-corrected chi connectivity index (χ2v) is 16.1. The molecule has 4 aromatic heterocycles. The van der Waals surface area contributed by atoms with Crippen LogP contribution >= 0.6 is 23.1 Å². The fraction of sp³-hybridized carbons (Fsp3) is 0.304. The Bertz CT molecular complexity index is 2680. The molecule has 1 saturated heterocycles. The molecule has 8 rings (SSSR count). The van der Waals surface area contributed by atoms with E-state index in [9.17, 15) is 9.90 Å². The van der Waals surface area contributed by atoms with Crippen molar-refractivity contribution >= 4 is 39.2 Å². The van der Waals surface area contributed by atoms with Gasteiger partial charge < -0.3 is 29.0 Å². The molecule has 1 aliphatic rings. The molecule has 0 unspecified atom stereocenters.